The highest BCUT2D eigenvalue weighted by molar-refractivity contribution is 6.01. The van der Waals surface area contributed by atoms with E-state index in [4.69, 9.17) is 4.74 Å². The van der Waals surface area contributed by atoms with Gasteiger partial charge in [-0.05, 0) is 61.9 Å². The zero-order chi connectivity index (χ0) is 19.9. The summed E-state index contributed by atoms with van der Waals surface area (Å²) in [7, 11) is 0. The zero-order valence-electron chi connectivity index (χ0n) is 15.7. The van der Waals surface area contributed by atoms with Crippen molar-refractivity contribution in [1.82, 2.24) is 10.3 Å². The third-order valence-electron chi connectivity index (χ3n) is 4.08. The van der Waals surface area contributed by atoms with Gasteiger partial charge in [0.1, 0.15) is 17.5 Å². The molecule has 0 fully saturated rings. The maximum atomic E-state index is 12.4. The van der Waals surface area contributed by atoms with Crippen LogP contribution in [0.4, 0.5) is 5.69 Å². The van der Waals surface area contributed by atoms with E-state index < -0.39 is 6.04 Å². The molecule has 0 saturated heterocycles. The van der Waals surface area contributed by atoms with Crippen LogP contribution in [0.15, 0.2) is 73.1 Å². The van der Waals surface area contributed by atoms with E-state index >= 15 is 0 Å². The number of hydrogen-bond donors (Lipinski definition) is 2. The van der Waals surface area contributed by atoms with E-state index in [1.807, 2.05) is 25.1 Å². The lowest BCUT2D eigenvalue weighted by atomic mass is 10.1. The maximum absolute atomic E-state index is 12.4. The molecule has 0 aliphatic rings. The van der Waals surface area contributed by atoms with Crippen molar-refractivity contribution in [3.63, 3.8) is 0 Å². The van der Waals surface area contributed by atoms with E-state index in [1.165, 1.54) is 0 Å². The Morgan fingerprint density at radius 1 is 1.04 bits per heavy atom. The van der Waals surface area contributed by atoms with Crippen LogP contribution >= 0.6 is 0 Å². The minimum absolute atomic E-state index is 0.292. The molecule has 2 N–H and O–H groups in total. The number of benzene rings is 2. The molecule has 0 aliphatic carbocycles. The van der Waals surface area contributed by atoms with Gasteiger partial charge in [-0.2, -0.15) is 0 Å². The lowest BCUT2D eigenvalue weighted by molar-refractivity contribution is -0.117. The highest BCUT2D eigenvalue weighted by atomic mass is 16.5. The molecule has 142 valence electrons. The van der Waals surface area contributed by atoms with Crippen LogP contribution in [0.25, 0.3) is 0 Å². The van der Waals surface area contributed by atoms with Crippen molar-refractivity contribution < 1.29 is 14.3 Å². The molecule has 1 atom stereocenters. The van der Waals surface area contributed by atoms with Crippen molar-refractivity contribution in [3.05, 3.63) is 84.2 Å². The van der Waals surface area contributed by atoms with Gasteiger partial charge in [0.15, 0.2) is 0 Å². The summed E-state index contributed by atoms with van der Waals surface area (Å²) in [6.45, 7) is 3.53. The average molecular weight is 375 g/mol. The van der Waals surface area contributed by atoms with E-state index in [9.17, 15) is 9.59 Å². The lowest BCUT2D eigenvalue weighted by Gasteiger charge is -2.15. The molecule has 0 saturated carbocycles. The smallest absolute Gasteiger partial charge is 0.251 e. The van der Waals surface area contributed by atoms with Gasteiger partial charge < -0.3 is 15.4 Å². The fourth-order valence-electron chi connectivity index (χ4n) is 2.56. The first-order valence-electron chi connectivity index (χ1n) is 8.88. The minimum Gasteiger partial charge on any atom is -0.455 e. The zero-order valence-corrected chi connectivity index (χ0v) is 15.7. The molecule has 1 unspecified atom stereocenters. The fraction of sp³-hybridized carbons (Fsp3) is 0.136. The molecule has 3 aromatic rings. The first-order chi connectivity index (χ1) is 13.5. The molecule has 6 nitrogen and oxygen atoms in total. The highest BCUT2D eigenvalue weighted by Crippen LogP contribution is 2.26. The Bertz CT molecular complexity index is 959. The normalized spacial score (nSPS) is 11.4. The Labute approximate surface area is 163 Å². The molecule has 0 spiro atoms. The van der Waals surface area contributed by atoms with Crippen LogP contribution in [-0.4, -0.2) is 22.8 Å². The molecule has 2 aromatic carbocycles. The highest BCUT2D eigenvalue weighted by Gasteiger charge is 2.17. The fourth-order valence-corrected chi connectivity index (χ4v) is 2.56. The standard InChI is InChI=1S/C22H21N3O3/c1-15-13-18(10-11-20(15)28-19-9-6-12-23-14-19)25-21(26)16(2)24-22(27)17-7-4-3-5-8-17/h3-14,16H,1-2H3,(H,24,27)(H,25,26). The number of ether oxygens (including phenoxy) is 1. The summed E-state index contributed by atoms with van der Waals surface area (Å²) in [5.74, 6) is 0.723. The monoisotopic (exact) mass is 375 g/mol. The molecular formula is C22H21N3O3. The molecule has 1 heterocycles. The number of hydrogen-bond acceptors (Lipinski definition) is 4. The summed E-state index contributed by atoms with van der Waals surface area (Å²) < 4.78 is 5.79. The SMILES string of the molecule is Cc1cc(NC(=O)C(C)NC(=O)c2ccccc2)ccc1Oc1cccnc1. The molecule has 2 amide bonds. The van der Waals surface area contributed by atoms with E-state index in [0.29, 0.717) is 22.7 Å². The Morgan fingerprint density at radius 3 is 2.50 bits per heavy atom. The second-order valence-electron chi connectivity index (χ2n) is 6.32. The number of carbonyl (C=O) groups excluding carboxylic acids is 2. The Kier molecular flexibility index (Phi) is 6.01. The van der Waals surface area contributed by atoms with E-state index in [2.05, 4.69) is 15.6 Å². The third-order valence-corrected chi connectivity index (χ3v) is 4.08. The van der Waals surface area contributed by atoms with Gasteiger partial charge in [0.2, 0.25) is 5.91 Å². The van der Waals surface area contributed by atoms with Gasteiger partial charge in [-0.25, -0.2) is 0 Å². The first kappa shape index (κ1) is 19.1. The molecule has 3 rings (SSSR count). The number of nitrogens with zero attached hydrogens (tertiary/aromatic N) is 1. The second-order valence-corrected chi connectivity index (χ2v) is 6.32. The predicted molar refractivity (Wildman–Crippen MR) is 107 cm³/mol. The van der Waals surface area contributed by atoms with Gasteiger partial charge in [-0.3, -0.25) is 14.6 Å². The summed E-state index contributed by atoms with van der Waals surface area (Å²) in [5, 5.41) is 5.50. The van der Waals surface area contributed by atoms with Gasteiger partial charge in [-0.15, -0.1) is 0 Å². The van der Waals surface area contributed by atoms with Gasteiger partial charge >= 0.3 is 0 Å². The van der Waals surface area contributed by atoms with Gasteiger partial charge in [0.25, 0.3) is 5.91 Å². The molecule has 0 aliphatic heterocycles. The number of amides is 2. The minimum atomic E-state index is -0.681. The summed E-state index contributed by atoms with van der Waals surface area (Å²) in [4.78, 5) is 28.6. The van der Waals surface area contributed by atoms with Crippen molar-refractivity contribution in [1.29, 1.82) is 0 Å². The second kappa shape index (κ2) is 8.81. The predicted octanol–water partition coefficient (Wildman–Crippen LogP) is 3.94. The molecule has 0 bridgehead atoms. The van der Waals surface area contributed by atoms with Crippen LogP contribution < -0.4 is 15.4 Å². The summed E-state index contributed by atoms with van der Waals surface area (Å²) in [5.41, 5.74) is 2.00. The van der Waals surface area contributed by atoms with Gasteiger partial charge in [0, 0.05) is 17.4 Å². The number of aryl methyl sites for hydroxylation is 1. The van der Waals surface area contributed by atoms with Crippen LogP contribution in [0.5, 0.6) is 11.5 Å². The number of rotatable bonds is 6. The van der Waals surface area contributed by atoms with Crippen molar-refractivity contribution in [2.24, 2.45) is 0 Å². The van der Waals surface area contributed by atoms with Crippen LogP contribution in [0.3, 0.4) is 0 Å². The number of pyridine rings is 1. The summed E-state index contributed by atoms with van der Waals surface area (Å²) in [6.07, 6.45) is 3.31. The van der Waals surface area contributed by atoms with Crippen LogP contribution in [0, 0.1) is 6.92 Å². The summed E-state index contributed by atoms with van der Waals surface area (Å²) >= 11 is 0. The van der Waals surface area contributed by atoms with Crippen molar-refractivity contribution in [3.8, 4) is 11.5 Å². The Morgan fingerprint density at radius 2 is 1.82 bits per heavy atom. The lowest BCUT2D eigenvalue weighted by Crippen LogP contribution is -2.41. The number of carbonyl (C=O) groups is 2. The van der Waals surface area contributed by atoms with Crippen molar-refractivity contribution >= 4 is 17.5 Å². The third kappa shape index (κ3) is 4.94. The van der Waals surface area contributed by atoms with Crippen molar-refractivity contribution in [2.45, 2.75) is 19.9 Å². The molecule has 1 aromatic heterocycles. The van der Waals surface area contributed by atoms with Gasteiger partial charge in [0.05, 0.1) is 6.20 Å². The number of nitrogens with one attached hydrogen (secondary N) is 2. The van der Waals surface area contributed by atoms with E-state index in [-0.39, 0.29) is 11.8 Å². The molecule has 6 heteroatoms. The molecule has 28 heavy (non-hydrogen) atoms. The summed E-state index contributed by atoms with van der Waals surface area (Å²) in [6, 6.07) is 17.1. The largest absolute Gasteiger partial charge is 0.455 e. The Hall–Kier alpha value is -3.67. The van der Waals surface area contributed by atoms with Gasteiger partial charge in [-0.1, -0.05) is 18.2 Å². The topological polar surface area (TPSA) is 80.3 Å². The Balaban J connectivity index is 1.60. The van der Waals surface area contributed by atoms with Crippen LogP contribution in [-0.2, 0) is 4.79 Å². The number of aromatic nitrogens is 1. The van der Waals surface area contributed by atoms with Crippen molar-refractivity contribution in [2.75, 3.05) is 5.32 Å². The van der Waals surface area contributed by atoms with E-state index in [0.717, 1.165) is 5.56 Å². The molecule has 0 radical (unpaired) electrons. The quantitative estimate of drug-likeness (QED) is 0.684. The van der Waals surface area contributed by atoms with E-state index in [1.54, 1.807) is 61.8 Å². The molecular weight excluding hydrogens is 354 g/mol. The van der Waals surface area contributed by atoms with Crippen LogP contribution in [0.2, 0.25) is 0 Å². The maximum Gasteiger partial charge on any atom is 0.251 e. The first-order valence-corrected chi connectivity index (χ1v) is 8.88. The average Bonchev–Trinajstić information content (AvgIpc) is 2.71. The number of anilines is 1. The van der Waals surface area contributed by atoms with Crippen LogP contribution in [0.1, 0.15) is 22.8 Å².